The molecule has 0 unspecified atom stereocenters. The molecule has 0 aliphatic heterocycles. The van der Waals surface area contributed by atoms with Crippen LogP contribution in [0.5, 0.6) is 0 Å². The van der Waals surface area contributed by atoms with Gasteiger partial charge in [-0.1, -0.05) is 28.1 Å². The van der Waals surface area contributed by atoms with E-state index in [4.69, 9.17) is 5.26 Å². The summed E-state index contributed by atoms with van der Waals surface area (Å²) in [5, 5.41) is 9.15. The lowest BCUT2D eigenvalue weighted by molar-refractivity contribution is 0.602. The number of thiophene rings is 1. The van der Waals surface area contributed by atoms with Gasteiger partial charge in [-0.3, -0.25) is 0 Å². The van der Waals surface area contributed by atoms with Gasteiger partial charge in [-0.05, 0) is 42.8 Å². The van der Waals surface area contributed by atoms with Crippen molar-refractivity contribution in [2.24, 2.45) is 0 Å². The molecule has 2 rings (SSSR count). The highest BCUT2D eigenvalue weighted by Gasteiger charge is 2.19. The third-order valence-corrected chi connectivity index (χ3v) is 5.82. The number of allylic oxidation sites excluding steroid dienone is 1. The van der Waals surface area contributed by atoms with Gasteiger partial charge in [0.2, 0.25) is 0 Å². The Morgan fingerprint density at radius 1 is 1.29 bits per heavy atom. The lowest BCUT2D eigenvalue weighted by atomic mass is 10.2. The molecule has 108 valence electrons. The van der Waals surface area contributed by atoms with Gasteiger partial charge >= 0.3 is 0 Å². The quantitative estimate of drug-likeness (QED) is 0.741. The molecule has 0 fully saturated rings. The number of rotatable bonds is 4. The average molecular weight is 382 g/mol. The summed E-state index contributed by atoms with van der Waals surface area (Å²) in [5.74, 6) is -0.177. The summed E-state index contributed by atoms with van der Waals surface area (Å²) in [6.45, 7) is 1.93. The molecular weight excluding hydrogens is 370 g/mol. The van der Waals surface area contributed by atoms with E-state index in [-0.39, 0.29) is 10.7 Å². The normalized spacial score (nSPS) is 12.1. The van der Waals surface area contributed by atoms with E-state index in [1.807, 2.05) is 19.1 Å². The summed E-state index contributed by atoms with van der Waals surface area (Å²) in [7, 11) is -3.64. The molecule has 3 nitrogen and oxygen atoms in total. The van der Waals surface area contributed by atoms with Crippen LogP contribution in [0.2, 0.25) is 0 Å². The van der Waals surface area contributed by atoms with E-state index in [0.29, 0.717) is 5.56 Å². The summed E-state index contributed by atoms with van der Waals surface area (Å²) in [6.07, 6.45) is 1.44. The van der Waals surface area contributed by atoms with E-state index >= 15 is 0 Å². The van der Waals surface area contributed by atoms with Crippen molar-refractivity contribution in [3.8, 4) is 6.07 Å². The van der Waals surface area contributed by atoms with Gasteiger partial charge in [-0.15, -0.1) is 11.3 Å². The molecule has 0 bridgehead atoms. The number of aryl methyl sites for hydroxylation is 1. The number of sulfone groups is 1. The van der Waals surface area contributed by atoms with Crippen LogP contribution in [0.25, 0.3) is 6.08 Å². The van der Waals surface area contributed by atoms with E-state index in [1.165, 1.54) is 17.4 Å². The molecule has 2 aromatic rings. The summed E-state index contributed by atoms with van der Waals surface area (Å²) < 4.78 is 25.5. The van der Waals surface area contributed by atoms with Crippen LogP contribution in [0, 0.1) is 18.3 Å². The molecule has 1 aromatic carbocycles. The monoisotopic (exact) mass is 381 g/mol. The van der Waals surface area contributed by atoms with Crippen molar-refractivity contribution in [2.75, 3.05) is 0 Å². The van der Waals surface area contributed by atoms with Crippen molar-refractivity contribution in [3.63, 3.8) is 0 Å². The number of halogens is 1. The maximum atomic E-state index is 12.3. The Morgan fingerprint density at radius 3 is 2.48 bits per heavy atom. The molecule has 1 heterocycles. The molecule has 0 radical (unpaired) electrons. The van der Waals surface area contributed by atoms with Crippen LogP contribution in [0.1, 0.15) is 15.3 Å². The Kier molecular flexibility index (Phi) is 4.99. The predicted octanol–water partition coefficient (Wildman–Crippen LogP) is 4.30. The molecular formula is C15H12BrNO2S2. The van der Waals surface area contributed by atoms with Gasteiger partial charge in [-0.2, -0.15) is 5.26 Å². The van der Waals surface area contributed by atoms with Crippen LogP contribution in [-0.4, -0.2) is 8.42 Å². The highest BCUT2D eigenvalue weighted by molar-refractivity contribution is 9.10. The van der Waals surface area contributed by atoms with E-state index in [2.05, 4.69) is 15.9 Å². The fourth-order valence-corrected chi connectivity index (χ4v) is 4.12. The van der Waals surface area contributed by atoms with Crippen molar-refractivity contribution in [2.45, 2.75) is 12.7 Å². The second-order valence-electron chi connectivity index (χ2n) is 4.45. The minimum absolute atomic E-state index is 0.177. The molecule has 0 saturated heterocycles. The van der Waals surface area contributed by atoms with Crippen molar-refractivity contribution < 1.29 is 8.42 Å². The number of benzene rings is 1. The maximum absolute atomic E-state index is 12.3. The largest absolute Gasteiger partial charge is 0.223 e. The SMILES string of the molecule is Cc1ccc(C=C(C#N)S(=O)(=O)Cc2ccc(Br)cc2)s1. The number of hydrogen-bond acceptors (Lipinski definition) is 4. The molecule has 21 heavy (non-hydrogen) atoms. The first-order valence-electron chi connectivity index (χ1n) is 6.06. The van der Waals surface area contributed by atoms with E-state index in [9.17, 15) is 8.42 Å². The zero-order chi connectivity index (χ0) is 15.5. The van der Waals surface area contributed by atoms with Gasteiger partial charge in [0, 0.05) is 14.2 Å². The van der Waals surface area contributed by atoms with E-state index in [1.54, 1.807) is 30.3 Å². The number of nitriles is 1. The third-order valence-electron chi connectivity index (χ3n) is 2.75. The fourth-order valence-electron chi connectivity index (χ4n) is 1.73. The standard InChI is InChI=1S/C15H12BrNO2S2/c1-11-2-7-14(20-11)8-15(9-17)21(18,19)10-12-3-5-13(16)6-4-12/h2-8H,10H2,1H3. The van der Waals surface area contributed by atoms with E-state index in [0.717, 1.165) is 14.2 Å². The topological polar surface area (TPSA) is 57.9 Å². The van der Waals surface area contributed by atoms with Crippen molar-refractivity contribution in [1.82, 2.24) is 0 Å². The Hall–Kier alpha value is -1.42. The summed E-state index contributed by atoms with van der Waals surface area (Å²) >= 11 is 4.76. The third kappa shape index (κ3) is 4.27. The minimum Gasteiger partial charge on any atom is -0.223 e. The number of nitrogens with zero attached hydrogens (tertiary/aromatic N) is 1. The van der Waals surface area contributed by atoms with Crippen LogP contribution in [0.3, 0.4) is 0 Å². The Labute approximate surface area is 136 Å². The van der Waals surface area contributed by atoms with Gasteiger partial charge in [0.25, 0.3) is 0 Å². The fraction of sp³-hybridized carbons (Fsp3) is 0.133. The van der Waals surface area contributed by atoms with Crippen molar-refractivity contribution in [3.05, 3.63) is 61.1 Å². The van der Waals surface area contributed by atoms with Gasteiger partial charge in [0.15, 0.2) is 9.84 Å². The minimum atomic E-state index is -3.64. The molecule has 0 spiro atoms. The van der Waals surface area contributed by atoms with Crippen molar-refractivity contribution >= 4 is 43.2 Å². The van der Waals surface area contributed by atoms with Gasteiger partial charge in [0.1, 0.15) is 11.0 Å². The van der Waals surface area contributed by atoms with E-state index < -0.39 is 9.84 Å². The zero-order valence-electron chi connectivity index (χ0n) is 11.2. The highest BCUT2D eigenvalue weighted by atomic mass is 79.9. The maximum Gasteiger partial charge on any atom is 0.192 e. The highest BCUT2D eigenvalue weighted by Crippen LogP contribution is 2.22. The summed E-state index contributed by atoms with van der Waals surface area (Å²) in [5.41, 5.74) is 0.654. The van der Waals surface area contributed by atoms with Crippen LogP contribution in [0.15, 0.2) is 45.8 Å². The Morgan fingerprint density at radius 2 is 1.95 bits per heavy atom. The van der Waals surface area contributed by atoms with Crippen LogP contribution in [-0.2, 0) is 15.6 Å². The molecule has 0 aliphatic carbocycles. The second-order valence-corrected chi connectivity index (χ2v) is 8.65. The Bertz CT molecular complexity index is 812. The molecule has 0 amide bonds. The molecule has 0 saturated carbocycles. The van der Waals surface area contributed by atoms with Crippen LogP contribution in [0.4, 0.5) is 0 Å². The van der Waals surface area contributed by atoms with Gasteiger partial charge < -0.3 is 0 Å². The first-order valence-corrected chi connectivity index (χ1v) is 9.32. The molecule has 0 N–H and O–H groups in total. The van der Waals surface area contributed by atoms with Crippen LogP contribution < -0.4 is 0 Å². The summed E-state index contributed by atoms with van der Waals surface area (Å²) in [6, 6.07) is 12.5. The van der Waals surface area contributed by atoms with Crippen molar-refractivity contribution in [1.29, 1.82) is 5.26 Å². The predicted molar refractivity (Wildman–Crippen MR) is 89.4 cm³/mol. The average Bonchev–Trinajstić information content (AvgIpc) is 2.84. The first kappa shape index (κ1) is 16.0. The molecule has 1 aromatic heterocycles. The Balaban J connectivity index is 2.30. The van der Waals surface area contributed by atoms with Gasteiger partial charge in [-0.25, -0.2) is 8.42 Å². The second kappa shape index (κ2) is 6.56. The first-order chi connectivity index (χ1) is 9.90. The summed E-state index contributed by atoms with van der Waals surface area (Å²) in [4.78, 5) is 1.64. The lowest BCUT2D eigenvalue weighted by Crippen LogP contribution is -2.06. The molecule has 0 atom stereocenters. The number of hydrogen-bond donors (Lipinski definition) is 0. The van der Waals surface area contributed by atoms with Crippen LogP contribution >= 0.6 is 27.3 Å². The zero-order valence-corrected chi connectivity index (χ0v) is 14.4. The molecule has 6 heteroatoms. The lowest BCUT2D eigenvalue weighted by Gasteiger charge is -2.03. The smallest absolute Gasteiger partial charge is 0.192 e. The molecule has 0 aliphatic rings. The van der Waals surface area contributed by atoms with Gasteiger partial charge in [0.05, 0.1) is 5.75 Å².